The monoisotopic (exact) mass is 563 g/mol. The summed E-state index contributed by atoms with van der Waals surface area (Å²) in [4.78, 5) is 35.7. The summed E-state index contributed by atoms with van der Waals surface area (Å²) in [6, 6.07) is 5.19. The Labute approximate surface area is 241 Å². The number of nitrogens with zero attached hydrogens (tertiary/aromatic N) is 3. The smallest absolute Gasteiger partial charge is 0.265 e. The number of likely N-dealkylation sites (tertiary alicyclic amines) is 1. The van der Waals surface area contributed by atoms with Crippen LogP contribution in [0, 0.1) is 5.41 Å². The van der Waals surface area contributed by atoms with E-state index in [1.54, 1.807) is 25.7 Å². The summed E-state index contributed by atoms with van der Waals surface area (Å²) in [6.07, 6.45) is 10.1. The SMILES string of the molecule is CCC(=O)CCCCC[C@H](NC(=O)C(=N)CC1(O)CCN(C)CC1)c1ncc(-c2cc3ccncc3cc2OC)o1. The molecule has 3 N–H and O–H groups in total. The number of carbonyl (C=O) groups excluding carboxylic acids is 2. The average Bonchev–Trinajstić information content (AvgIpc) is 3.47. The number of aliphatic hydroxyl groups is 1. The minimum atomic E-state index is -1.06. The minimum absolute atomic E-state index is 0.00149. The Hall–Kier alpha value is -3.63. The standard InChI is InChI=1S/C31H41N5O5/c1-4-23(37)8-6-5-7-9-26(35-29(38)25(32)18-31(39)11-14-36(2)15-12-31)30-34-20-28(41-30)24-16-21-10-13-33-19-22(21)17-27(24)40-3/h10,13,16-17,19-20,26,32,39H,4-9,11-12,14-15,18H2,1-3H3,(H,35,38)/t26-/m0/s1. The number of nitrogens with one attached hydrogen (secondary N) is 2. The van der Waals surface area contributed by atoms with Gasteiger partial charge in [-0.1, -0.05) is 19.8 Å². The molecule has 1 aliphatic heterocycles. The fourth-order valence-electron chi connectivity index (χ4n) is 5.20. The predicted molar refractivity (Wildman–Crippen MR) is 157 cm³/mol. The second-order valence-corrected chi connectivity index (χ2v) is 11.0. The van der Waals surface area contributed by atoms with E-state index in [0.717, 1.165) is 48.7 Å². The van der Waals surface area contributed by atoms with Crippen molar-refractivity contribution in [1.29, 1.82) is 5.41 Å². The second-order valence-electron chi connectivity index (χ2n) is 11.0. The van der Waals surface area contributed by atoms with Crippen LogP contribution in [-0.4, -0.2) is 70.2 Å². The van der Waals surface area contributed by atoms with E-state index >= 15 is 0 Å². The number of fused-ring (bicyclic) bond motifs is 1. The van der Waals surface area contributed by atoms with Gasteiger partial charge in [0.2, 0.25) is 5.89 Å². The van der Waals surface area contributed by atoms with E-state index in [2.05, 4.69) is 20.2 Å². The Balaban J connectivity index is 1.50. The molecule has 41 heavy (non-hydrogen) atoms. The predicted octanol–water partition coefficient (Wildman–Crippen LogP) is 4.85. The maximum atomic E-state index is 13.2. The molecule has 1 atom stereocenters. The van der Waals surface area contributed by atoms with Crippen LogP contribution >= 0.6 is 0 Å². The van der Waals surface area contributed by atoms with Gasteiger partial charge in [0.15, 0.2) is 5.76 Å². The first-order chi connectivity index (χ1) is 19.7. The first kappa shape index (κ1) is 30.3. The highest BCUT2D eigenvalue weighted by molar-refractivity contribution is 6.37. The molecule has 220 valence electrons. The molecule has 10 heteroatoms. The first-order valence-corrected chi connectivity index (χ1v) is 14.4. The zero-order valence-corrected chi connectivity index (χ0v) is 24.2. The molecule has 0 aliphatic carbocycles. The molecule has 0 spiro atoms. The summed E-state index contributed by atoms with van der Waals surface area (Å²) in [5.74, 6) is 1.15. The molecule has 0 saturated carbocycles. The highest BCUT2D eigenvalue weighted by atomic mass is 16.5. The van der Waals surface area contributed by atoms with E-state index in [1.165, 1.54) is 0 Å². The molecule has 1 saturated heterocycles. The number of methoxy groups -OCH3 is 1. The summed E-state index contributed by atoms with van der Waals surface area (Å²) in [7, 11) is 3.59. The number of amides is 1. The lowest BCUT2D eigenvalue weighted by molar-refractivity contribution is -0.119. The lowest BCUT2D eigenvalue weighted by Crippen LogP contribution is -2.46. The highest BCUT2D eigenvalue weighted by Crippen LogP contribution is 2.35. The summed E-state index contributed by atoms with van der Waals surface area (Å²) < 4.78 is 11.8. The minimum Gasteiger partial charge on any atom is -0.496 e. The van der Waals surface area contributed by atoms with Gasteiger partial charge in [0.25, 0.3) is 5.91 Å². The molecule has 3 aromatic rings. The quantitative estimate of drug-likeness (QED) is 0.187. The third-order valence-electron chi connectivity index (χ3n) is 7.89. The van der Waals surface area contributed by atoms with Gasteiger partial charge in [-0.3, -0.25) is 20.0 Å². The third-order valence-corrected chi connectivity index (χ3v) is 7.89. The van der Waals surface area contributed by atoms with E-state index in [0.29, 0.717) is 49.5 Å². The number of rotatable bonds is 14. The lowest BCUT2D eigenvalue weighted by atomic mass is 9.86. The van der Waals surface area contributed by atoms with Crippen LogP contribution in [-0.2, 0) is 9.59 Å². The molecule has 0 unspecified atom stereocenters. The first-order valence-electron chi connectivity index (χ1n) is 14.4. The summed E-state index contributed by atoms with van der Waals surface area (Å²) >= 11 is 0. The number of unbranched alkanes of at least 4 members (excludes halogenated alkanes) is 2. The van der Waals surface area contributed by atoms with Crippen LogP contribution in [0.2, 0.25) is 0 Å². The van der Waals surface area contributed by atoms with Gasteiger partial charge in [-0.05, 0) is 56.3 Å². The van der Waals surface area contributed by atoms with Crippen LogP contribution in [0.15, 0.2) is 41.2 Å². The average molecular weight is 564 g/mol. The van der Waals surface area contributed by atoms with E-state index in [4.69, 9.17) is 14.6 Å². The number of carbonyl (C=O) groups is 2. The van der Waals surface area contributed by atoms with Crippen molar-refractivity contribution in [3.63, 3.8) is 0 Å². The van der Waals surface area contributed by atoms with Crippen molar-refractivity contribution in [2.45, 2.75) is 76.4 Å². The van der Waals surface area contributed by atoms with Crippen LogP contribution in [0.1, 0.15) is 76.6 Å². The van der Waals surface area contributed by atoms with E-state index in [-0.39, 0.29) is 17.9 Å². The van der Waals surface area contributed by atoms with Crippen molar-refractivity contribution in [2.75, 3.05) is 27.2 Å². The molecular formula is C31H41N5O5. The molecule has 1 aliphatic rings. The topological polar surface area (TPSA) is 142 Å². The number of benzene rings is 1. The number of aromatic nitrogens is 2. The summed E-state index contributed by atoms with van der Waals surface area (Å²) in [5.41, 5.74) is -0.488. The Morgan fingerprint density at radius 1 is 1.20 bits per heavy atom. The normalized spacial score (nSPS) is 15.9. The maximum Gasteiger partial charge on any atom is 0.265 e. The van der Waals surface area contributed by atoms with Crippen molar-refractivity contribution in [3.05, 3.63) is 42.7 Å². The molecule has 0 radical (unpaired) electrons. The van der Waals surface area contributed by atoms with Gasteiger partial charge in [0, 0.05) is 50.1 Å². The van der Waals surface area contributed by atoms with Gasteiger partial charge >= 0.3 is 0 Å². The fourth-order valence-corrected chi connectivity index (χ4v) is 5.20. The molecule has 3 heterocycles. The number of oxazole rings is 1. The maximum absolute atomic E-state index is 13.2. The van der Waals surface area contributed by atoms with Crippen LogP contribution in [0.3, 0.4) is 0 Å². The van der Waals surface area contributed by atoms with Crippen LogP contribution < -0.4 is 10.1 Å². The van der Waals surface area contributed by atoms with Crippen molar-refractivity contribution in [1.82, 2.24) is 20.2 Å². The zero-order chi connectivity index (χ0) is 29.4. The molecule has 1 aromatic carbocycles. The number of hydrogen-bond donors (Lipinski definition) is 3. The lowest BCUT2D eigenvalue weighted by Gasteiger charge is -2.36. The number of Topliss-reactive ketones (excluding diaryl/α,β-unsaturated/α-hetero) is 1. The van der Waals surface area contributed by atoms with E-state index in [9.17, 15) is 14.7 Å². The highest BCUT2D eigenvalue weighted by Gasteiger charge is 2.34. The molecular weight excluding hydrogens is 522 g/mol. The van der Waals surface area contributed by atoms with E-state index < -0.39 is 17.6 Å². The molecule has 10 nitrogen and oxygen atoms in total. The van der Waals surface area contributed by atoms with Crippen molar-refractivity contribution in [2.24, 2.45) is 0 Å². The van der Waals surface area contributed by atoms with Crippen molar-refractivity contribution >= 4 is 28.2 Å². The van der Waals surface area contributed by atoms with Gasteiger partial charge in [-0.25, -0.2) is 4.98 Å². The van der Waals surface area contributed by atoms with Gasteiger partial charge < -0.3 is 24.5 Å². The zero-order valence-electron chi connectivity index (χ0n) is 24.2. The van der Waals surface area contributed by atoms with Crippen LogP contribution in [0.4, 0.5) is 0 Å². The van der Waals surface area contributed by atoms with Gasteiger partial charge in [0.05, 0.1) is 30.2 Å². The Bertz CT molecular complexity index is 1360. The van der Waals surface area contributed by atoms with Gasteiger partial charge in [-0.15, -0.1) is 0 Å². The largest absolute Gasteiger partial charge is 0.496 e. The number of piperidine rings is 1. The van der Waals surface area contributed by atoms with Crippen LogP contribution in [0.5, 0.6) is 5.75 Å². The Morgan fingerprint density at radius 2 is 1.98 bits per heavy atom. The Morgan fingerprint density at radius 3 is 2.71 bits per heavy atom. The second kappa shape index (κ2) is 13.8. The van der Waals surface area contributed by atoms with E-state index in [1.807, 2.05) is 32.2 Å². The number of pyridine rings is 1. The molecule has 2 aromatic heterocycles. The van der Waals surface area contributed by atoms with Gasteiger partial charge in [-0.2, -0.15) is 0 Å². The summed E-state index contributed by atoms with van der Waals surface area (Å²) in [6.45, 7) is 3.32. The van der Waals surface area contributed by atoms with Crippen molar-refractivity contribution < 1.29 is 23.8 Å². The number of ether oxygens (including phenoxy) is 1. The number of hydrogen-bond acceptors (Lipinski definition) is 9. The third kappa shape index (κ3) is 7.98. The van der Waals surface area contributed by atoms with Crippen molar-refractivity contribution in [3.8, 4) is 17.1 Å². The molecule has 0 bridgehead atoms. The Kier molecular flexibility index (Phi) is 10.2. The number of ketones is 1. The molecule has 4 rings (SSSR count). The fraction of sp³-hybridized carbons (Fsp3) is 0.516. The van der Waals surface area contributed by atoms with Gasteiger partial charge in [0.1, 0.15) is 17.6 Å². The molecule has 1 fully saturated rings. The van der Waals surface area contributed by atoms with Crippen LogP contribution in [0.25, 0.3) is 22.1 Å². The summed E-state index contributed by atoms with van der Waals surface area (Å²) in [5, 5.41) is 24.2. The molecule has 1 amide bonds.